The molecule has 3 aromatic rings. The minimum atomic E-state index is -1.79. The molecule has 0 saturated heterocycles. The molecule has 0 radical (unpaired) electrons. The van der Waals surface area contributed by atoms with Crippen LogP contribution in [0.4, 0.5) is 6.01 Å². The molecular formula is C18H16Cl3N3O2. The van der Waals surface area contributed by atoms with Crippen LogP contribution in [0, 0.1) is 0 Å². The van der Waals surface area contributed by atoms with Crippen molar-refractivity contribution in [3.63, 3.8) is 0 Å². The number of carbonyl (C=O) groups excluding carboxylic acids is 1. The number of hydrogen-bond acceptors (Lipinski definition) is 4. The number of nitrogens with one attached hydrogen (secondary N) is 2. The maximum absolute atomic E-state index is 12.3. The molecule has 0 saturated carbocycles. The molecule has 1 atom stereocenters. The van der Waals surface area contributed by atoms with E-state index >= 15 is 0 Å². The number of aryl methyl sites for hydroxylation is 1. The molecule has 0 aliphatic rings. The lowest BCUT2D eigenvalue weighted by molar-refractivity contribution is -0.121. The van der Waals surface area contributed by atoms with Crippen LogP contribution in [-0.4, -0.2) is 20.8 Å². The van der Waals surface area contributed by atoms with Crippen LogP contribution in [0.5, 0.6) is 0 Å². The molecular weight excluding hydrogens is 397 g/mol. The summed E-state index contributed by atoms with van der Waals surface area (Å²) in [5, 5.41) is 5.51. The van der Waals surface area contributed by atoms with E-state index in [1.165, 1.54) is 0 Å². The summed E-state index contributed by atoms with van der Waals surface area (Å²) < 4.78 is 3.77. The average Bonchev–Trinajstić information content (AvgIpc) is 3.02. The van der Waals surface area contributed by atoms with E-state index in [4.69, 9.17) is 39.2 Å². The molecule has 0 aliphatic heterocycles. The van der Waals surface area contributed by atoms with Gasteiger partial charge in [-0.2, -0.15) is 4.98 Å². The number of anilines is 1. The third kappa shape index (κ3) is 5.04. The van der Waals surface area contributed by atoms with Crippen molar-refractivity contribution in [1.82, 2.24) is 10.3 Å². The van der Waals surface area contributed by atoms with Gasteiger partial charge in [-0.1, -0.05) is 77.3 Å². The molecule has 0 spiro atoms. The molecule has 5 nitrogen and oxygen atoms in total. The monoisotopic (exact) mass is 411 g/mol. The van der Waals surface area contributed by atoms with Gasteiger partial charge < -0.3 is 15.1 Å². The van der Waals surface area contributed by atoms with Crippen LogP contribution in [0.25, 0.3) is 11.1 Å². The first-order valence-corrected chi connectivity index (χ1v) is 9.07. The van der Waals surface area contributed by atoms with Crippen molar-refractivity contribution in [2.45, 2.75) is 22.8 Å². The van der Waals surface area contributed by atoms with Crippen molar-refractivity contribution in [3.8, 4) is 0 Å². The van der Waals surface area contributed by atoms with Crippen molar-refractivity contribution in [1.29, 1.82) is 0 Å². The highest BCUT2D eigenvalue weighted by Gasteiger charge is 2.35. The number of nitrogens with zero attached hydrogens (tertiary/aromatic N) is 1. The Morgan fingerprint density at radius 2 is 1.77 bits per heavy atom. The number of halogens is 3. The lowest BCUT2D eigenvalue weighted by atomic mass is 10.1. The number of para-hydroxylation sites is 2. The van der Waals surface area contributed by atoms with E-state index < -0.39 is 9.96 Å². The van der Waals surface area contributed by atoms with Gasteiger partial charge in [-0.3, -0.25) is 4.79 Å². The minimum Gasteiger partial charge on any atom is -0.424 e. The number of oxazole rings is 1. The number of alkyl halides is 3. The summed E-state index contributed by atoms with van der Waals surface area (Å²) >= 11 is 18.0. The zero-order chi connectivity index (χ0) is 18.6. The number of hydrogen-bond donors (Lipinski definition) is 2. The fraction of sp³-hybridized carbons (Fsp3) is 0.222. The van der Waals surface area contributed by atoms with Crippen molar-refractivity contribution in [2.75, 3.05) is 5.32 Å². The minimum absolute atomic E-state index is 0.158. The molecule has 1 amide bonds. The zero-order valence-electron chi connectivity index (χ0n) is 13.6. The molecule has 2 aromatic carbocycles. The average molecular weight is 413 g/mol. The fourth-order valence-electron chi connectivity index (χ4n) is 2.39. The first-order chi connectivity index (χ1) is 12.4. The number of fused-ring (bicyclic) bond motifs is 1. The Hall–Kier alpha value is -1.95. The molecule has 0 aliphatic carbocycles. The third-order valence-electron chi connectivity index (χ3n) is 3.68. The van der Waals surface area contributed by atoms with Crippen LogP contribution < -0.4 is 10.6 Å². The molecule has 1 unspecified atom stereocenters. The van der Waals surface area contributed by atoms with Gasteiger partial charge in [0.15, 0.2) is 11.7 Å². The molecule has 8 heteroatoms. The van der Waals surface area contributed by atoms with Gasteiger partial charge in [0, 0.05) is 6.42 Å². The molecule has 136 valence electrons. The highest BCUT2D eigenvalue weighted by atomic mass is 35.6. The summed E-state index contributed by atoms with van der Waals surface area (Å²) in [7, 11) is 0. The van der Waals surface area contributed by atoms with E-state index in [0.717, 1.165) is 5.56 Å². The van der Waals surface area contributed by atoms with Crippen LogP contribution in [0.2, 0.25) is 0 Å². The summed E-state index contributed by atoms with van der Waals surface area (Å²) in [6.45, 7) is 0. The number of benzene rings is 2. The van der Waals surface area contributed by atoms with Crippen molar-refractivity contribution < 1.29 is 9.21 Å². The Kier molecular flexibility index (Phi) is 5.91. The number of carbonyl (C=O) groups is 1. The van der Waals surface area contributed by atoms with Crippen molar-refractivity contribution >= 4 is 57.8 Å². The van der Waals surface area contributed by atoms with E-state index in [1.54, 1.807) is 12.1 Å². The lowest BCUT2D eigenvalue weighted by Gasteiger charge is -2.25. The summed E-state index contributed by atoms with van der Waals surface area (Å²) in [4.78, 5) is 16.5. The number of rotatable bonds is 6. The first-order valence-electron chi connectivity index (χ1n) is 7.94. The van der Waals surface area contributed by atoms with Gasteiger partial charge in [0.05, 0.1) is 0 Å². The topological polar surface area (TPSA) is 67.2 Å². The number of aromatic nitrogens is 1. The van der Waals surface area contributed by atoms with Crippen molar-refractivity contribution in [2.24, 2.45) is 0 Å². The smallest absolute Gasteiger partial charge is 0.297 e. The first kappa shape index (κ1) is 18.8. The van der Waals surface area contributed by atoms with Gasteiger partial charge in [0.2, 0.25) is 9.70 Å². The number of amides is 1. The second-order valence-electron chi connectivity index (χ2n) is 5.66. The Morgan fingerprint density at radius 3 is 2.46 bits per heavy atom. The molecule has 26 heavy (non-hydrogen) atoms. The van der Waals surface area contributed by atoms with E-state index in [-0.39, 0.29) is 18.3 Å². The van der Waals surface area contributed by atoms with Crippen LogP contribution in [0.15, 0.2) is 59.0 Å². The van der Waals surface area contributed by atoms with E-state index in [1.807, 2.05) is 42.5 Å². The Morgan fingerprint density at radius 1 is 1.08 bits per heavy atom. The van der Waals surface area contributed by atoms with Crippen LogP contribution in [0.1, 0.15) is 12.0 Å². The van der Waals surface area contributed by atoms with Gasteiger partial charge in [-0.05, 0) is 24.1 Å². The maximum atomic E-state index is 12.3. The van der Waals surface area contributed by atoms with Crippen LogP contribution in [0.3, 0.4) is 0 Å². The van der Waals surface area contributed by atoms with E-state index in [2.05, 4.69) is 15.6 Å². The van der Waals surface area contributed by atoms with E-state index in [0.29, 0.717) is 17.5 Å². The SMILES string of the molecule is O=C(CCc1ccccc1)NC(Nc1nc2ccccc2o1)C(Cl)(Cl)Cl. The Balaban J connectivity index is 1.65. The standard InChI is InChI=1S/C18H16Cl3N3O2/c19-18(20,21)16(23-15(25)11-10-12-6-2-1-3-7-12)24-17-22-13-8-4-5-9-14(13)26-17/h1-9,16H,10-11H2,(H,22,24)(H,23,25). The third-order valence-corrected chi connectivity index (χ3v) is 4.33. The largest absolute Gasteiger partial charge is 0.424 e. The summed E-state index contributed by atoms with van der Waals surface area (Å²) in [5.41, 5.74) is 2.31. The Bertz CT molecular complexity index is 845. The van der Waals surface area contributed by atoms with Gasteiger partial charge in [-0.15, -0.1) is 0 Å². The van der Waals surface area contributed by atoms with E-state index in [9.17, 15) is 4.79 Å². The predicted octanol–water partition coefficient (Wildman–Crippen LogP) is 4.69. The molecule has 3 rings (SSSR count). The summed E-state index contributed by atoms with van der Waals surface area (Å²) in [6, 6.07) is 17.1. The molecule has 1 aromatic heterocycles. The summed E-state index contributed by atoms with van der Waals surface area (Å²) in [6.07, 6.45) is -0.151. The lowest BCUT2D eigenvalue weighted by Crippen LogP contribution is -2.49. The normalized spacial score (nSPS) is 12.7. The fourth-order valence-corrected chi connectivity index (χ4v) is 2.72. The van der Waals surface area contributed by atoms with Crippen LogP contribution >= 0.6 is 34.8 Å². The quantitative estimate of drug-likeness (QED) is 0.455. The second-order valence-corrected chi connectivity index (χ2v) is 8.03. The van der Waals surface area contributed by atoms with Crippen molar-refractivity contribution in [3.05, 3.63) is 60.2 Å². The highest BCUT2D eigenvalue weighted by molar-refractivity contribution is 6.68. The summed E-state index contributed by atoms with van der Waals surface area (Å²) in [5.74, 6) is -0.256. The molecule has 2 N–H and O–H groups in total. The highest BCUT2D eigenvalue weighted by Crippen LogP contribution is 2.31. The Labute approximate surface area is 165 Å². The van der Waals surface area contributed by atoms with Gasteiger partial charge in [-0.25, -0.2) is 0 Å². The molecule has 1 heterocycles. The van der Waals surface area contributed by atoms with Gasteiger partial charge in [0.1, 0.15) is 5.52 Å². The van der Waals surface area contributed by atoms with Gasteiger partial charge in [0.25, 0.3) is 6.01 Å². The van der Waals surface area contributed by atoms with Crippen LogP contribution in [-0.2, 0) is 11.2 Å². The predicted molar refractivity (Wildman–Crippen MR) is 105 cm³/mol. The molecule has 0 bridgehead atoms. The second kappa shape index (κ2) is 8.16. The maximum Gasteiger partial charge on any atom is 0.297 e. The molecule has 0 fully saturated rings. The zero-order valence-corrected chi connectivity index (χ0v) is 15.9. The van der Waals surface area contributed by atoms with Gasteiger partial charge >= 0.3 is 0 Å².